The Labute approximate surface area is 178 Å². The second-order valence-electron chi connectivity index (χ2n) is 8.72. The fraction of sp³-hybridized carbons (Fsp3) is 0.435. The summed E-state index contributed by atoms with van der Waals surface area (Å²) in [6.07, 6.45) is 1.76. The van der Waals surface area contributed by atoms with Gasteiger partial charge < -0.3 is 9.64 Å². The summed E-state index contributed by atoms with van der Waals surface area (Å²) >= 11 is 0. The molecule has 0 fully saturated rings. The molecule has 0 radical (unpaired) electrons. The van der Waals surface area contributed by atoms with E-state index in [-0.39, 0.29) is 18.1 Å². The number of ether oxygens (including phenoxy) is 1. The van der Waals surface area contributed by atoms with Gasteiger partial charge in [0.05, 0.1) is 5.69 Å². The van der Waals surface area contributed by atoms with Crippen molar-refractivity contribution in [2.45, 2.75) is 53.3 Å². The molecule has 0 atom stereocenters. The van der Waals surface area contributed by atoms with E-state index in [4.69, 9.17) is 4.74 Å². The van der Waals surface area contributed by atoms with Gasteiger partial charge in [0.25, 0.3) is 5.91 Å². The summed E-state index contributed by atoms with van der Waals surface area (Å²) in [5.74, 6) is 0.636. The third-order valence-electron chi connectivity index (χ3n) is 5.34. The minimum atomic E-state index is -0.133. The molecule has 7 nitrogen and oxygen atoms in total. The molecule has 3 aromatic rings. The van der Waals surface area contributed by atoms with E-state index in [1.54, 1.807) is 28.9 Å². The van der Waals surface area contributed by atoms with Crippen LogP contribution in [0.1, 0.15) is 53.8 Å². The highest BCUT2D eigenvalue weighted by molar-refractivity contribution is 5.92. The molecule has 2 aromatic heterocycles. The number of carbonyl (C=O) groups excluding carboxylic acids is 1. The topological polar surface area (TPSA) is 65.2 Å². The van der Waals surface area contributed by atoms with E-state index in [1.165, 1.54) is 5.56 Å². The van der Waals surface area contributed by atoms with Crippen LogP contribution in [0.3, 0.4) is 0 Å². The first-order chi connectivity index (χ1) is 14.1. The third kappa shape index (κ3) is 4.72. The maximum atomic E-state index is 12.8. The van der Waals surface area contributed by atoms with Gasteiger partial charge >= 0.3 is 0 Å². The average molecular weight is 410 g/mol. The molecule has 0 aliphatic heterocycles. The highest BCUT2D eigenvalue weighted by Crippen LogP contribution is 2.24. The van der Waals surface area contributed by atoms with Gasteiger partial charge in [-0.1, -0.05) is 32.9 Å². The Kier molecular flexibility index (Phi) is 6.01. The molecule has 0 spiro atoms. The van der Waals surface area contributed by atoms with E-state index in [1.807, 2.05) is 37.7 Å². The molecule has 7 heteroatoms. The zero-order valence-corrected chi connectivity index (χ0v) is 18.9. The monoisotopic (exact) mass is 409 g/mol. The molecule has 0 saturated carbocycles. The normalized spacial score (nSPS) is 11.6. The number of rotatable bonds is 6. The lowest BCUT2D eigenvalue weighted by Gasteiger charge is -2.19. The molecule has 0 aliphatic rings. The van der Waals surface area contributed by atoms with Gasteiger partial charge in [-0.2, -0.15) is 10.2 Å². The number of benzene rings is 1. The van der Waals surface area contributed by atoms with Crippen LogP contribution in [0.15, 0.2) is 36.5 Å². The predicted molar refractivity (Wildman–Crippen MR) is 116 cm³/mol. The van der Waals surface area contributed by atoms with E-state index < -0.39 is 0 Å². The van der Waals surface area contributed by atoms with Crippen molar-refractivity contribution in [3.05, 3.63) is 64.7 Å². The summed E-state index contributed by atoms with van der Waals surface area (Å²) in [5, 5.41) is 8.79. The molecule has 0 unspecified atom stereocenters. The van der Waals surface area contributed by atoms with E-state index >= 15 is 0 Å². The summed E-state index contributed by atoms with van der Waals surface area (Å²) in [7, 11) is 3.69. The van der Waals surface area contributed by atoms with E-state index in [0.717, 1.165) is 22.7 Å². The summed E-state index contributed by atoms with van der Waals surface area (Å²) < 4.78 is 9.27. The van der Waals surface area contributed by atoms with Crippen molar-refractivity contribution in [2.75, 3.05) is 7.05 Å². The maximum absolute atomic E-state index is 12.8. The minimum Gasteiger partial charge on any atom is -0.471 e. The van der Waals surface area contributed by atoms with Crippen LogP contribution in [0.2, 0.25) is 0 Å². The summed E-state index contributed by atoms with van der Waals surface area (Å²) in [4.78, 5) is 14.4. The Hall–Kier alpha value is -3.09. The molecule has 0 bridgehead atoms. The van der Waals surface area contributed by atoms with Crippen LogP contribution in [-0.2, 0) is 25.7 Å². The van der Waals surface area contributed by atoms with Gasteiger partial charge in [0, 0.05) is 38.1 Å². The molecule has 0 aliphatic carbocycles. The van der Waals surface area contributed by atoms with Gasteiger partial charge in [-0.25, -0.2) is 4.68 Å². The van der Waals surface area contributed by atoms with Crippen molar-refractivity contribution < 1.29 is 9.53 Å². The Morgan fingerprint density at radius 2 is 1.77 bits per heavy atom. The predicted octanol–water partition coefficient (Wildman–Crippen LogP) is 3.84. The average Bonchev–Trinajstić information content (AvgIpc) is 3.25. The largest absolute Gasteiger partial charge is 0.471 e. The zero-order valence-electron chi connectivity index (χ0n) is 18.9. The Morgan fingerprint density at radius 1 is 1.10 bits per heavy atom. The van der Waals surface area contributed by atoms with Crippen LogP contribution in [-0.4, -0.2) is 37.4 Å². The van der Waals surface area contributed by atoms with Gasteiger partial charge in [0.1, 0.15) is 5.75 Å². The van der Waals surface area contributed by atoms with Gasteiger partial charge in [-0.3, -0.25) is 9.48 Å². The lowest BCUT2D eigenvalue weighted by molar-refractivity contribution is 0.0776. The Bertz CT molecular complexity index is 1030. The molecule has 30 heavy (non-hydrogen) atoms. The second-order valence-corrected chi connectivity index (χ2v) is 8.72. The van der Waals surface area contributed by atoms with Crippen molar-refractivity contribution in [1.82, 2.24) is 24.5 Å². The first-order valence-corrected chi connectivity index (χ1v) is 10.1. The van der Waals surface area contributed by atoms with Crippen LogP contribution in [0, 0.1) is 13.8 Å². The fourth-order valence-electron chi connectivity index (χ4n) is 3.29. The molecule has 1 amide bonds. The van der Waals surface area contributed by atoms with Crippen LogP contribution in [0.25, 0.3) is 0 Å². The first kappa shape index (κ1) is 21.6. The molecular weight excluding hydrogens is 378 g/mol. The number of hydrogen-bond acceptors (Lipinski definition) is 4. The van der Waals surface area contributed by atoms with Gasteiger partial charge in [0.2, 0.25) is 0 Å². The van der Waals surface area contributed by atoms with Crippen LogP contribution in [0.5, 0.6) is 5.75 Å². The van der Waals surface area contributed by atoms with Gasteiger partial charge in [0.15, 0.2) is 12.4 Å². The van der Waals surface area contributed by atoms with Crippen molar-refractivity contribution in [3.63, 3.8) is 0 Å². The molecule has 160 valence electrons. The van der Waals surface area contributed by atoms with Gasteiger partial charge in [-0.15, -0.1) is 0 Å². The summed E-state index contributed by atoms with van der Waals surface area (Å²) in [5.41, 5.74) is 4.81. The third-order valence-corrected chi connectivity index (χ3v) is 5.34. The first-order valence-electron chi connectivity index (χ1n) is 10.1. The minimum absolute atomic E-state index is 0.106. The lowest BCUT2D eigenvalue weighted by Crippen LogP contribution is -2.27. The fourth-order valence-corrected chi connectivity index (χ4v) is 3.29. The van der Waals surface area contributed by atoms with E-state index in [9.17, 15) is 4.79 Å². The molecule has 1 aromatic carbocycles. The van der Waals surface area contributed by atoms with Crippen LogP contribution in [0.4, 0.5) is 0 Å². The summed E-state index contributed by atoms with van der Waals surface area (Å²) in [6.45, 7) is 11.2. The van der Waals surface area contributed by atoms with Crippen LogP contribution >= 0.6 is 0 Å². The van der Waals surface area contributed by atoms with Crippen molar-refractivity contribution >= 4 is 5.91 Å². The number of aromatic nitrogens is 4. The standard InChI is InChI=1S/C23H31N5O2/c1-16-20(17(2)27(7)24-16)14-26(6)22(29)21-12-13-28(25-21)15-30-19-10-8-18(9-11-19)23(3,4)5/h8-13H,14-15H2,1-7H3. The highest BCUT2D eigenvalue weighted by atomic mass is 16.5. The van der Waals surface area contributed by atoms with Crippen LogP contribution < -0.4 is 4.74 Å². The lowest BCUT2D eigenvalue weighted by atomic mass is 9.87. The van der Waals surface area contributed by atoms with Crippen molar-refractivity contribution in [2.24, 2.45) is 7.05 Å². The van der Waals surface area contributed by atoms with Crippen molar-refractivity contribution in [3.8, 4) is 5.75 Å². The number of carbonyl (C=O) groups is 1. The van der Waals surface area contributed by atoms with Crippen molar-refractivity contribution in [1.29, 1.82) is 0 Å². The Morgan fingerprint density at radius 3 is 2.33 bits per heavy atom. The van der Waals surface area contributed by atoms with E-state index in [0.29, 0.717) is 12.2 Å². The SMILES string of the molecule is Cc1nn(C)c(C)c1CN(C)C(=O)c1ccn(COc2ccc(C(C)(C)C)cc2)n1. The Balaban J connectivity index is 1.60. The molecule has 0 N–H and O–H groups in total. The molecule has 0 saturated heterocycles. The maximum Gasteiger partial charge on any atom is 0.274 e. The number of hydrogen-bond donors (Lipinski definition) is 0. The molecule has 3 rings (SSSR count). The quantitative estimate of drug-likeness (QED) is 0.620. The highest BCUT2D eigenvalue weighted by Gasteiger charge is 2.19. The number of amides is 1. The van der Waals surface area contributed by atoms with Gasteiger partial charge in [-0.05, 0) is 43.0 Å². The summed E-state index contributed by atoms with van der Waals surface area (Å²) in [6, 6.07) is 9.79. The zero-order chi connectivity index (χ0) is 22.1. The number of aryl methyl sites for hydroxylation is 2. The molecule has 2 heterocycles. The molecular formula is C23H31N5O2. The van der Waals surface area contributed by atoms with E-state index in [2.05, 4.69) is 43.1 Å². The second kappa shape index (κ2) is 8.34. The number of nitrogens with zero attached hydrogens (tertiary/aromatic N) is 5. The smallest absolute Gasteiger partial charge is 0.274 e.